The van der Waals surface area contributed by atoms with Gasteiger partial charge < -0.3 is 10.4 Å². The fourth-order valence-electron chi connectivity index (χ4n) is 2.10. The lowest BCUT2D eigenvalue weighted by molar-refractivity contribution is -0.143. The van der Waals surface area contributed by atoms with Crippen molar-refractivity contribution in [3.05, 3.63) is 10.6 Å². The number of halogens is 2. The maximum atomic E-state index is 11.1. The lowest BCUT2D eigenvalue weighted by Crippen LogP contribution is -2.43. The van der Waals surface area contributed by atoms with Crippen LogP contribution < -0.4 is 5.32 Å². The summed E-state index contributed by atoms with van der Waals surface area (Å²) in [5.41, 5.74) is -1.90. The molecular weight excluding hydrogens is 241 g/mol. The summed E-state index contributed by atoms with van der Waals surface area (Å²) in [5.74, 6) is -1.49. The Morgan fingerprint density at radius 2 is 2.00 bits per heavy atom. The zero-order chi connectivity index (χ0) is 11.9. The molecule has 1 saturated carbocycles. The molecule has 1 fully saturated rings. The molecule has 6 heteroatoms. The lowest BCUT2D eigenvalue weighted by atomic mass is 10.1. The minimum absolute atomic E-state index is 0.00361. The highest BCUT2D eigenvalue weighted by Crippen LogP contribution is 2.62. The molecule has 0 radical (unpaired) electrons. The molecule has 2 atom stereocenters. The third-order valence-corrected chi connectivity index (χ3v) is 3.35. The molecule has 1 amide bonds. The van der Waals surface area contributed by atoms with E-state index in [1.54, 1.807) is 13.8 Å². The summed E-state index contributed by atoms with van der Waals surface area (Å²) in [6.45, 7) is 3.46. The smallest absolute Gasteiger partial charge is 0.330 e. The van der Waals surface area contributed by atoms with Crippen LogP contribution in [0.4, 0.5) is 0 Å². The molecule has 84 valence electrons. The summed E-state index contributed by atoms with van der Waals surface area (Å²) in [4.78, 5) is 21.6. The van der Waals surface area contributed by atoms with Gasteiger partial charge in [0.15, 0.2) is 5.54 Å². The van der Waals surface area contributed by atoms with Gasteiger partial charge in [-0.1, -0.05) is 37.0 Å². The number of carboxylic acids is 1. The largest absolute Gasteiger partial charge is 0.479 e. The van der Waals surface area contributed by atoms with Gasteiger partial charge in [0.2, 0.25) is 6.41 Å². The van der Waals surface area contributed by atoms with E-state index in [9.17, 15) is 9.59 Å². The Morgan fingerprint density at radius 1 is 1.47 bits per heavy atom. The van der Waals surface area contributed by atoms with E-state index in [1.165, 1.54) is 6.08 Å². The highest BCUT2D eigenvalue weighted by molar-refractivity contribution is 6.55. The molecule has 1 aliphatic carbocycles. The fourth-order valence-corrected chi connectivity index (χ4v) is 2.35. The minimum atomic E-state index is -1.30. The quantitative estimate of drug-likeness (QED) is 0.745. The standard InChI is InChI=1S/C9H11Cl2NO3/c1-8(2)5(3-6(10)11)9(8,7(14)15)12-4-13/h3-5H,1-2H3,(H,12,13)(H,14,15)/t5-,9+/m1/s1. The van der Waals surface area contributed by atoms with Gasteiger partial charge in [-0.25, -0.2) is 4.79 Å². The van der Waals surface area contributed by atoms with Crippen LogP contribution in [0.25, 0.3) is 0 Å². The van der Waals surface area contributed by atoms with Crippen LogP contribution in [-0.2, 0) is 9.59 Å². The van der Waals surface area contributed by atoms with E-state index < -0.39 is 22.8 Å². The van der Waals surface area contributed by atoms with Crippen molar-refractivity contribution in [2.24, 2.45) is 11.3 Å². The average molecular weight is 252 g/mol. The van der Waals surface area contributed by atoms with E-state index in [4.69, 9.17) is 28.3 Å². The molecule has 0 aromatic heterocycles. The molecular formula is C9H11Cl2NO3. The predicted molar refractivity (Wildman–Crippen MR) is 56.6 cm³/mol. The molecule has 0 aliphatic heterocycles. The van der Waals surface area contributed by atoms with Crippen LogP contribution in [0.2, 0.25) is 0 Å². The summed E-state index contributed by atoms with van der Waals surface area (Å²) in [5, 5.41) is 11.5. The first-order valence-electron chi connectivity index (χ1n) is 4.28. The molecule has 15 heavy (non-hydrogen) atoms. The Morgan fingerprint density at radius 3 is 2.33 bits per heavy atom. The second-order valence-corrected chi connectivity index (χ2v) is 5.04. The van der Waals surface area contributed by atoms with Gasteiger partial charge in [0, 0.05) is 11.3 Å². The Hall–Kier alpha value is -0.740. The average Bonchev–Trinajstić information content (AvgIpc) is 2.51. The number of aliphatic carboxylic acids is 1. The molecule has 0 aromatic rings. The van der Waals surface area contributed by atoms with Crippen molar-refractivity contribution in [1.29, 1.82) is 0 Å². The first-order valence-corrected chi connectivity index (χ1v) is 5.04. The van der Waals surface area contributed by atoms with E-state index in [2.05, 4.69) is 5.32 Å². The van der Waals surface area contributed by atoms with Gasteiger partial charge in [-0.05, 0) is 6.08 Å². The van der Waals surface area contributed by atoms with Crippen molar-refractivity contribution in [3.8, 4) is 0 Å². The number of rotatable bonds is 4. The summed E-state index contributed by atoms with van der Waals surface area (Å²) in [6.07, 6.45) is 1.82. The molecule has 0 aromatic carbocycles. The lowest BCUT2D eigenvalue weighted by Gasteiger charge is -2.13. The monoisotopic (exact) mass is 251 g/mol. The first-order chi connectivity index (χ1) is 6.80. The van der Waals surface area contributed by atoms with E-state index >= 15 is 0 Å². The first kappa shape index (κ1) is 12.3. The van der Waals surface area contributed by atoms with Crippen LogP contribution in [0, 0.1) is 11.3 Å². The number of hydrogen-bond donors (Lipinski definition) is 2. The third-order valence-electron chi connectivity index (χ3n) is 3.09. The van der Waals surface area contributed by atoms with Gasteiger partial charge >= 0.3 is 5.97 Å². The van der Waals surface area contributed by atoms with Crippen LogP contribution in [0.1, 0.15) is 13.8 Å². The van der Waals surface area contributed by atoms with Crippen LogP contribution in [0.3, 0.4) is 0 Å². The Labute approximate surface area is 97.2 Å². The van der Waals surface area contributed by atoms with E-state index in [1.807, 2.05) is 0 Å². The number of carbonyl (C=O) groups excluding carboxylic acids is 1. The van der Waals surface area contributed by atoms with Gasteiger partial charge in [-0.3, -0.25) is 4.79 Å². The van der Waals surface area contributed by atoms with Gasteiger partial charge in [0.1, 0.15) is 4.49 Å². The van der Waals surface area contributed by atoms with Crippen LogP contribution in [0.5, 0.6) is 0 Å². The fraction of sp³-hybridized carbons (Fsp3) is 0.556. The molecule has 2 N–H and O–H groups in total. The normalized spacial score (nSPS) is 31.6. The summed E-state index contributed by atoms with van der Waals surface area (Å²) < 4.78 is 0.00361. The minimum Gasteiger partial charge on any atom is -0.479 e. The van der Waals surface area contributed by atoms with Crippen molar-refractivity contribution in [1.82, 2.24) is 5.32 Å². The number of carboxylic acid groups (broad SMARTS) is 1. The third kappa shape index (κ3) is 1.62. The Balaban J connectivity index is 3.07. The number of nitrogens with one attached hydrogen (secondary N) is 1. The van der Waals surface area contributed by atoms with Crippen molar-refractivity contribution < 1.29 is 14.7 Å². The van der Waals surface area contributed by atoms with Gasteiger partial charge in [0.05, 0.1) is 0 Å². The number of hydrogen-bond acceptors (Lipinski definition) is 2. The molecule has 4 nitrogen and oxygen atoms in total. The van der Waals surface area contributed by atoms with Crippen molar-refractivity contribution in [2.75, 3.05) is 0 Å². The number of carbonyl (C=O) groups is 2. The Kier molecular flexibility index (Phi) is 3.03. The molecule has 0 saturated heterocycles. The maximum Gasteiger partial charge on any atom is 0.330 e. The summed E-state index contributed by atoms with van der Waals surface area (Å²) in [7, 11) is 0. The maximum absolute atomic E-state index is 11.1. The van der Waals surface area contributed by atoms with Crippen LogP contribution >= 0.6 is 23.2 Å². The zero-order valence-corrected chi connectivity index (χ0v) is 9.76. The van der Waals surface area contributed by atoms with Crippen molar-refractivity contribution >= 4 is 35.6 Å². The van der Waals surface area contributed by atoms with Gasteiger partial charge in [0.25, 0.3) is 0 Å². The van der Waals surface area contributed by atoms with Crippen molar-refractivity contribution in [3.63, 3.8) is 0 Å². The SMILES string of the molecule is CC1(C)[C@@H](C=C(Cl)Cl)[C@]1(NC=O)C(=O)O. The molecule has 0 unspecified atom stereocenters. The summed E-state index contributed by atoms with van der Waals surface area (Å²) in [6, 6.07) is 0. The van der Waals surface area contributed by atoms with Crippen LogP contribution in [-0.4, -0.2) is 23.0 Å². The van der Waals surface area contributed by atoms with Gasteiger partial charge in [-0.2, -0.15) is 0 Å². The highest BCUT2D eigenvalue weighted by Gasteiger charge is 2.75. The van der Waals surface area contributed by atoms with Gasteiger partial charge in [-0.15, -0.1) is 0 Å². The van der Waals surface area contributed by atoms with Crippen molar-refractivity contribution in [2.45, 2.75) is 19.4 Å². The molecule has 1 rings (SSSR count). The molecule has 0 bridgehead atoms. The summed E-state index contributed by atoms with van der Waals surface area (Å²) >= 11 is 11.0. The predicted octanol–water partition coefficient (Wildman–Crippen LogP) is 1.53. The second kappa shape index (κ2) is 3.68. The zero-order valence-electron chi connectivity index (χ0n) is 8.25. The topological polar surface area (TPSA) is 66.4 Å². The molecule has 1 aliphatic rings. The number of amides is 1. The second-order valence-electron chi connectivity index (χ2n) is 4.03. The van der Waals surface area contributed by atoms with E-state index in [0.717, 1.165) is 0 Å². The van der Waals surface area contributed by atoms with E-state index in [0.29, 0.717) is 6.41 Å². The van der Waals surface area contributed by atoms with Crippen LogP contribution in [0.15, 0.2) is 10.6 Å². The van der Waals surface area contributed by atoms with E-state index in [-0.39, 0.29) is 4.49 Å². The molecule has 0 spiro atoms. The Bertz CT molecular complexity index is 336. The highest BCUT2D eigenvalue weighted by atomic mass is 35.5. The molecule has 0 heterocycles.